The van der Waals surface area contributed by atoms with Crippen LogP contribution < -0.4 is 0 Å². The average molecular weight is 423 g/mol. The Morgan fingerprint density at radius 3 is 1.67 bits per heavy atom. The molecule has 0 saturated carbocycles. The van der Waals surface area contributed by atoms with E-state index in [9.17, 15) is 19.8 Å². The number of phenolic OH excluding ortho intramolecular Hbond substituents is 2. The highest BCUT2D eigenvalue weighted by Crippen LogP contribution is 2.34. The van der Waals surface area contributed by atoms with Crippen LogP contribution in [0.4, 0.5) is 0 Å². The van der Waals surface area contributed by atoms with Gasteiger partial charge in [-0.1, -0.05) is 31.7 Å². The molecule has 0 aliphatic carbocycles. The molecular formula is C24H38O6. The lowest BCUT2D eigenvalue weighted by molar-refractivity contribution is -0.148. The molecule has 0 aliphatic rings. The maximum Gasteiger partial charge on any atom is 0.309 e. The zero-order valence-electron chi connectivity index (χ0n) is 18.8. The number of hydrogen-bond acceptors (Lipinski definition) is 4. The molecule has 0 heterocycles. The normalized spacial score (nSPS) is 12.1. The molecule has 0 amide bonds. The van der Waals surface area contributed by atoms with Gasteiger partial charge < -0.3 is 20.4 Å². The molecular weight excluding hydrogens is 384 g/mol. The van der Waals surface area contributed by atoms with Gasteiger partial charge in [-0.2, -0.15) is 0 Å². The van der Waals surface area contributed by atoms with Gasteiger partial charge in [0.25, 0.3) is 0 Å². The molecule has 1 aromatic rings. The molecule has 0 fully saturated rings. The summed E-state index contributed by atoms with van der Waals surface area (Å²) in [6, 6.07) is 3.36. The molecule has 0 atom stereocenters. The van der Waals surface area contributed by atoms with Gasteiger partial charge in [-0.3, -0.25) is 9.59 Å². The maximum atomic E-state index is 11.1. The van der Waals surface area contributed by atoms with Crippen LogP contribution >= 0.6 is 0 Å². The van der Waals surface area contributed by atoms with E-state index in [2.05, 4.69) is 0 Å². The number of aromatic hydroxyl groups is 2. The molecule has 0 aromatic heterocycles. The van der Waals surface area contributed by atoms with Crippen molar-refractivity contribution in [2.24, 2.45) is 10.8 Å². The number of hydrogen-bond donors (Lipinski definition) is 4. The topological polar surface area (TPSA) is 115 Å². The zero-order valence-corrected chi connectivity index (χ0v) is 18.8. The molecule has 30 heavy (non-hydrogen) atoms. The zero-order chi connectivity index (χ0) is 22.9. The summed E-state index contributed by atoms with van der Waals surface area (Å²) < 4.78 is 0. The SMILES string of the molecule is CC(C)(CCCCCc1ccc(O)c(CCCCCC(C)(C)C(=O)O)c1O)C(=O)O. The van der Waals surface area contributed by atoms with Crippen LogP contribution in [0.3, 0.4) is 0 Å². The van der Waals surface area contributed by atoms with Crippen LogP contribution in [0.25, 0.3) is 0 Å². The number of phenols is 2. The number of carboxylic acid groups (broad SMARTS) is 2. The smallest absolute Gasteiger partial charge is 0.309 e. The van der Waals surface area contributed by atoms with Gasteiger partial charge in [0.2, 0.25) is 0 Å². The molecule has 0 bridgehead atoms. The monoisotopic (exact) mass is 422 g/mol. The first-order valence-corrected chi connectivity index (χ1v) is 10.9. The van der Waals surface area contributed by atoms with Gasteiger partial charge >= 0.3 is 11.9 Å². The molecule has 170 valence electrons. The fraction of sp³-hybridized carbons (Fsp3) is 0.667. The van der Waals surface area contributed by atoms with Crippen molar-refractivity contribution in [2.45, 2.75) is 91.9 Å². The van der Waals surface area contributed by atoms with Crippen molar-refractivity contribution in [3.63, 3.8) is 0 Å². The Kier molecular flexibility index (Phi) is 9.66. The third-order valence-corrected chi connectivity index (χ3v) is 5.98. The summed E-state index contributed by atoms with van der Waals surface area (Å²) in [6.45, 7) is 6.91. The van der Waals surface area contributed by atoms with E-state index < -0.39 is 22.8 Å². The van der Waals surface area contributed by atoms with Crippen LogP contribution in [0.5, 0.6) is 11.5 Å². The predicted molar refractivity (Wildman–Crippen MR) is 117 cm³/mol. The second-order valence-corrected chi connectivity index (χ2v) is 9.57. The Balaban J connectivity index is 2.49. The summed E-state index contributed by atoms with van der Waals surface area (Å²) in [6.07, 6.45) is 7.37. The number of benzene rings is 1. The van der Waals surface area contributed by atoms with E-state index in [-0.39, 0.29) is 11.5 Å². The van der Waals surface area contributed by atoms with Crippen LogP contribution in [0.15, 0.2) is 12.1 Å². The van der Waals surface area contributed by atoms with Gasteiger partial charge in [-0.25, -0.2) is 0 Å². The summed E-state index contributed by atoms with van der Waals surface area (Å²) in [7, 11) is 0. The van der Waals surface area contributed by atoms with Crippen LogP contribution in [0.1, 0.15) is 90.2 Å². The Morgan fingerprint density at radius 1 is 0.733 bits per heavy atom. The van der Waals surface area contributed by atoms with Crippen molar-refractivity contribution in [3.8, 4) is 11.5 Å². The van der Waals surface area contributed by atoms with Gasteiger partial charge in [-0.15, -0.1) is 0 Å². The Labute approximate surface area is 180 Å². The summed E-state index contributed by atoms with van der Waals surface area (Å²) in [5.74, 6) is -1.34. The number of aliphatic carboxylic acids is 2. The first-order valence-electron chi connectivity index (χ1n) is 10.9. The highest BCUT2D eigenvalue weighted by Gasteiger charge is 2.26. The molecule has 0 unspecified atom stereocenters. The van der Waals surface area contributed by atoms with Crippen LogP contribution in [0, 0.1) is 10.8 Å². The first kappa shape index (κ1) is 25.8. The molecule has 1 aromatic carbocycles. The number of unbranched alkanes of at least 4 members (excludes halogenated alkanes) is 4. The first-order chi connectivity index (χ1) is 13.9. The average Bonchev–Trinajstić information content (AvgIpc) is 2.64. The van der Waals surface area contributed by atoms with Crippen LogP contribution in [-0.4, -0.2) is 32.4 Å². The molecule has 0 aliphatic heterocycles. The number of carboxylic acids is 2. The Hall–Kier alpha value is -2.24. The van der Waals surface area contributed by atoms with Gasteiger partial charge in [-0.05, 0) is 77.8 Å². The molecule has 4 N–H and O–H groups in total. The van der Waals surface area contributed by atoms with Crippen molar-refractivity contribution in [2.75, 3.05) is 0 Å². The third-order valence-electron chi connectivity index (χ3n) is 5.98. The molecule has 6 heteroatoms. The van der Waals surface area contributed by atoms with Crippen molar-refractivity contribution in [1.82, 2.24) is 0 Å². The molecule has 0 spiro atoms. The second kappa shape index (κ2) is 11.2. The van der Waals surface area contributed by atoms with Crippen molar-refractivity contribution < 1.29 is 30.0 Å². The van der Waals surface area contributed by atoms with Crippen molar-refractivity contribution in [1.29, 1.82) is 0 Å². The summed E-state index contributed by atoms with van der Waals surface area (Å²) in [5, 5.41) is 39.0. The molecule has 0 radical (unpaired) electrons. The Morgan fingerprint density at radius 2 is 1.20 bits per heavy atom. The lowest BCUT2D eigenvalue weighted by Crippen LogP contribution is -2.23. The quantitative estimate of drug-likeness (QED) is 0.293. The maximum absolute atomic E-state index is 11.1. The van der Waals surface area contributed by atoms with Gasteiger partial charge in [0.05, 0.1) is 10.8 Å². The largest absolute Gasteiger partial charge is 0.508 e. The highest BCUT2D eigenvalue weighted by molar-refractivity contribution is 5.73. The van der Waals surface area contributed by atoms with Crippen molar-refractivity contribution >= 4 is 11.9 Å². The highest BCUT2D eigenvalue weighted by atomic mass is 16.4. The van der Waals surface area contributed by atoms with Gasteiger partial charge in [0, 0.05) is 5.56 Å². The second-order valence-electron chi connectivity index (χ2n) is 9.57. The molecule has 6 nitrogen and oxygen atoms in total. The fourth-order valence-electron chi connectivity index (χ4n) is 3.44. The van der Waals surface area contributed by atoms with E-state index in [4.69, 9.17) is 10.2 Å². The van der Waals surface area contributed by atoms with E-state index in [1.165, 1.54) is 0 Å². The minimum absolute atomic E-state index is 0.0883. The van der Waals surface area contributed by atoms with Gasteiger partial charge in [0.1, 0.15) is 11.5 Å². The lowest BCUT2D eigenvalue weighted by Gasteiger charge is -2.19. The minimum atomic E-state index is -0.794. The van der Waals surface area contributed by atoms with Gasteiger partial charge in [0.15, 0.2) is 0 Å². The van der Waals surface area contributed by atoms with E-state index in [0.717, 1.165) is 44.1 Å². The van der Waals surface area contributed by atoms with E-state index >= 15 is 0 Å². The standard InChI is InChI=1S/C24H38O6/c1-23(2,21(27)28)15-9-5-7-11-17-13-14-19(25)18(20(17)26)12-8-6-10-16-24(3,4)22(29)30/h13-14,25-26H,5-12,15-16H2,1-4H3,(H,27,28)(H,29,30). The number of rotatable bonds is 14. The third kappa shape index (κ3) is 7.88. The van der Waals surface area contributed by atoms with Crippen LogP contribution in [-0.2, 0) is 22.4 Å². The Bertz CT molecular complexity index is 721. The van der Waals surface area contributed by atoms with E-state index in [1.54, 1.807) is 39.8 Å². The molecule has 0 saturated heterocycles. The molecule has 1 rings (SSSR count). The number of carbonyl (C=O) groups is 2. The minimum Gasteiger partial charge on any atom is -0.508 e. The number of aryl methyl sites for hydroxylation is 1. The van der Waals surface area contributed by atoms with E-state index in [0.29, 0.717) is 31.2 Å². The summed E-state index contributed by atoms with van der Waals surface area (Å²) in [4.78, 5) is 22.3. The predicted octanol–water partition coefficient (Wildman–Crippen LogP) is 5.53. The van der Waals surface area contributed by atoms with E-state index in [1.807, 2.05) is 0 Å². The van der Waals surface area contributed by atoms with Crippen LogP contribution in [0.2, 0.25) is 0 Å². The van der Waals surface area contributed by atoms with Crippen molar-refractivity contribution in [3.05, 3.63) is 23.3 Å². The summed E-state index contributed by atoms with van der Waals surface area (Å²) in [5.41, 5.74) is -0.0958. The lowest BCUT2D eigenvalue weighted by atomic mass is 9.86. The fourth-order valence-corrected chi connectivity index (χ4v) is 3.44. The summed E-state index contributed by atoms with van der Waals surface area (Å²) >= 11 is 0.